The minimum atomic E-state index is -4.01. The van der Waals surface area contributed by atoms with Crippen LogP contribution in [0.25, 0.3) is 0 Å². The summed E-state index contributed by atoms with van der Waals surface area (Å²) in [7, 11) is -4.01. The number of rotatable bonds is 6. The maximum atomic E-state index is 13.4. The van der Waals surface area contributed by atoms with Gasteiger partial charge >= 0.3 is 0 Å². The fraction of sp³-hybridized carbons (Fsp3) is 0.174. The number of hydrogen-bond acceptors (Lipinski definition) is 3. The van der Waals surface area contributed by atoms with E-state index in [1.165, 1.54) is 36.4 Å². The molecule has 5 nitrogen and oxygen atoms in total. The lowest BCUT2D eigenvalue weighted by Crippen LogP contribution is -2.38. The first-order valence-electron chi connectivity index (χ1n) is 9.39. The van der Waals surface area contributed by atoms with Crippen molar-refractivity contribution in [1.29, 1.82) is 0 Å². The maximum Gasteiger partial charge on any atom is 0.264 e. The zero-order chi connectivity index (χ0) is 21.9. The van der Waals surface area contributed by atoms with E-state index in [1.807, 2.05) is 26.8 Å². The van der Waals surface area contributed by atoms with Gasteiger partial charge in [-0.1, -0.05) is 35.9 Å². The molecule has 7 heteroatoms. The fourth-order valence-electron chi connectivity index (χ4n) is 3.04. The van der Waals surface area contributed by atoms with Crippen LogP contribution >= 0.6 is 0 Å². The van der Waals surface area contributed by atoms with Crippen LogP contribution in [0.2, 0.25) is 0 Å². The third-order valence-corrected chi connectivity index (χ3v) is 6.62. The van der Waals surface area contributed by atoms with Gasteiger partial charge in [-0.3, -0.25) is 9.10 Å². The summed E-state index contributed by atoms with van der Waals surface area (Å²) in [6.07, 6.45) is 0. The van der Waals surface area contributed by atoms with Gasteiger partial charge < -0.3 is 5.32 Å². The summed E-state index contributed by atoms with van der Waals surface area (Å²) >= 11 is 0. The normalized spacial score (nSPS) is 11.2. The molecule has 1 N–H and O–H groups in total. The molecule has 0 unspecified atom stereocenters. The maximum absolute atomic E-state index is 13.4. The highest BCUT2D eigenvalue weighted by Gasteiger charge is 2.28. The van der Waals surface area contributed by atoms with Crippen molar-refractivity contribution in [1.82, 2.24) is 0 Å². The van der Waals surface area contributed by atoms with E-state index in [1.54, 1.807) is 24.3 Å². The van der Waals surface area contributed by atoms with Gasteiger partial charge in [-0.2, -0.15) is 0 Å². The van der Waals surface area contributed by atoms with Crippen molar-refractivity contribution in [3.05, 3.63) is 89.2 Å². The minimum absolute atomic E-state index is 0.0903. The van der Waals surface area contributed by atoms with Crippen molar-refractivity contribution >= 4 is 27.3 Å². The lowest BCUT2D eigenvalue weighted by molar-refractivity contribution is -0.114. The van der Waals surface area contributed by atoms with Gasteiger partial charge in [-0.15, -0.1) is 0 Å². The number of halogens is 1. The van der Waals surface area contributed by atoms with Crippen LogP contribution in [0.1, 0.15) is 16.7 Å². The van der Waals surface area contributed by atoms with Gasteiger partial charge in [0.2, 0.25) is 5.91 Å². The number of carbonyl (C=O) groups is 1. The van der Waals surface area contributed by atoms with Gasteiger partial charge in [0.15, 0.2) is 0 Å². The summed E-state index contributed by atoms with van der Waals surface area (Å²) in [4.78, 5) is 12.8. The molecule has 0 atom stereocenters. The second kappa shape index (κ2) is 8.67. The van der Waals surface area contributed by atoms with Crippen LogP contribution in [0, 0.1) is 26.6 Å². The summed E-state index contributed by atoms with van der Waals surface area (Å²) in [6.45, 7) is 5.11. The van der Waals surface area contributed by atoms with E-state index >= 15 is 0 Å². The molecule has 0 aliphatic heterocycles. The molecule has 0 aliphatic carbocycles. The van der Waals surface area contributed by atoms with E-state index < -0.39 is 28.3 Å². The summed E-state index contributed by atoms with van der Waals surface area (Å²) in [6, 6.07) is 17.2. The molecule has 30 heavy (non-hydrogen) atoms. The first kappa shape index (κ1) is 21.5. The highest BCUT2D eigenvalue weighted by atomic mass is 32.2. The Morgan fingerprint density at radius 2 is 1.63 bits per heavy atom. The predicted octanol–water partition coefficient (Wildman–Crippen LogP) is 4.58. The van der Waals surface area contributed by atoms with Crippen molar-refractivity contribution in [3.8, 4) is 0 Å². The number of carbonyl (C=O) groups excluding carboxylic acids is 1. The first-order chi connectivity index (χ1) is 14.2. The first-order valence-corrected chi connectivity index (χ1v) is 10.8. The molecule has 3 rings (SSSR count). The van der Waals surface area contributed by atoms with Gasteiger partial charge in [0.05, 0.1) is 10.6 Å². The molecule has 0 saturated carbocycles. The number of aryl methyl sites for hydroxylation is 2. The van der Waals surface area contributed by atoms with E-state index in [0.29, 0.717) is 5.69 Å². The number of nitrogens with zero attached hydrogens (tertiary/aromatic N) is 1. The van der Waals surface area contributed by atoms with E-state index in [2.05, 4.69) is 5.32 Å². The largest absolute Gasteiger partial charge is 0.324 e. The Hall–Kier alpha value is -3.19. The lowest BCUT2D eigenvalue weighted by Gasteiger charge is -2.26. The van der Waals surface area contributed by atoms with Gasteiger partial charge in [-0.05, 0) is 68.3 Å². The molecule has 0 aromatic heterocycles. The Labute approximate surface area is 176 Å². The monoisotopic (exact) mass is 426 g/mol. The minimum Gasteiger partial charge on any atom is -0.324 e. The van der Waals surface area contributed by atoms with Gasteiger partial charge in [0, 0.05) is 5.69 Å². The van der Waals surface area contributed by atoms with Crippen LogP contribution < -0.4 is 9.62 Å². The Morgan fingerprint density at radius 3 is 2.30 bits per heavy atom. The van der Waals surface area contributed by atoms with Gasteiger partial charge in [0.1, 0.15) is 12.4 Å². The zero-order valence-electron chi connectivity index (χ0n) is 17.0. The molecule has 0 radical (unpaired) electrons. The third kappa shape index (κ3) is 4.68. The van der Waals surface area contributed by atoms with E-state index in [9.17, 15) is 17.6 Å². The molecule has 156 valence electrons. The average Bonchev–Trinajstić information content (AvgIpc) is 2.69. The molecule has 0 spiro atoms. The smallest absolute Gasteiger partial charge is 0.264 e. The number of benzene rings is 3. The average molecular weight is 427 g/mol. The summed E-state index contributed by atoms with van der Waals surface area (Å²) in [5.41, 5.74) is 3.27. The molecular formula is C23H23FN2O3S. The molecule has 0 aliphatic rings. The SMILES string of the molecule is Cc1ccc(S(=O)(=O)N(CC(=O)Nc2cccc(F)c2)c2cccc(C)c2C)cc1. The van der Waals surface area contributed by atoms with Crippen molar-refractivity contribution < 1.29 is 17.6 Å². The van der Waals surface area contributed by atoms with Crippen LogP contribution in [-0.2, 0) is 14.8 Å². The van der Waals surface area contributed by atoms with Crippen LogP contribution in [0.15, 0.2) is 71.6 Å². The second-order valence-corrected chi connectivity index (χ2v) is 8.96. The predicted molar refractivity (Wildman–Crippen MR) is 117 cm³/mol. The molecule has 3 aromatic rings. The molecule has 3 aromatic carbocycles. The second-order valence-electron chi connectivity index (χ2n) is 7.10. The molecule has 1 amide bonds. The highest BCUT2D eigenvalue weighted by molar-refractivity contribution is 7.92. The topological polar surface area (TPSA) is 66.5 Å². The van der Waals surface area contributed by atoms with Gasteiger partial charge in [-0.25, -0.2) is 12.8 Å². The Morgan fingerprint density at radius 1 is 0.967 bits per heavy atom. The van der Waals surface area contributed by atoms with Crippen LogP contribution in [0.5, 0.6) is 0 Å². The fourth-order valence-corrected chi connectivity index (χ4v) is 4.52. The van der Waals surface area contributed by atoms with Crippen molar-refractivity contribution in [3.63, 3.8) is 0 Å². The number of anilines is 2. The Bertz CT molecular complexity index is 1180. The number of nitrogens with one attached hydrogen (secondary N) is 1. The van der Waals surface area contributed by atoms with Crippen molar-refractivity contribution in [2.75, 3.05) is 16.2 Å². The number of hydrogen-bond donors (Lipinski definition) is 1. The standard InChI is InChI=1S/C23H23FN2O3S/c1-16-10-12-21(13-11-16)30(28,29)26(22-9-4-6-17(2)18(22)3)15-23(27)25-20-8-5-7-19(24)14-20/h4-14H,15H2,1-3H3,(H,25,27). The molecular weight excluding hydrogens is 403 g/mol. The number of amides is 1. The Kier molecular flexibility index (Phi) is 6.22. The number of sulfonamides is 1. The van der Waals surface area contributed by atoms with E-state index in [-0.39, 0.29) is 10.6 Å². The van der Waals surface area contributed by atoms with Crippen molar-refractivity contribution in [2.45, 2.75) is 25.7 Å². The lowest BCUT2D eigenvalue weighted by atomic mass is 10.1. The van der Waals surface area contributed by atoms with Crippen LogP contribution in [0.3, 0.4) is 0 Å². The summed E-state index contributed by atoms with van der Waals surface area (Å²) in [5.74, 6) is -1.07. The quantitative estimate of drug-likeness (QED) is 0.627. The van der Waals surface area contributed by atoms with E-state index in [4.69, 9.17) is 0 Å². The molecule has 0 heterocycles. The highest BCUT2D eigenvalue weighted by Crippen LogP contribution is 2.28. The Balaban J connectivity index is 2.00. The van der Waals surface area contributed by atoms with E-state index in [0.717, 1.165) is 21.0 Å². The summed E-state index contributed by atoms with van der Waals surface area (Å²) in [5, 5.41) is 2.56. The molecule has 0 fully saturated rings. The van der Waals surface area contributed by atoms with Crippen LogP contribution in [-0.4, -0.2) is 20.9 Å². The molecule has 0 saturated heterocycles. The van der Waals surface area contributed by atoms with Crippen molar-refractivity contribution in [2.24, 2.45) is 0 Å². The zero-order valence-corrected chi connectivity index (χ0v) is 17.8. The summed E-state index contributed by atoms with van der Waals surface area (Å²) < 4.78 is 41.4. The van der Waals surface area contributed by atoms with Gasteiger partial charge in [0.25, 0.3) is 10.0 Å². The molecule has 0 bridgehead atoms. The van der Waals surface area contributed by atoms with Crippen LogP contribution in [0.4, 0.5) is 15.8 Å². The third-order valence-electron chi connectivity index (χ3n) is 4.85.